The fourth-order valence-electron chi connectivity index (χ4n) is 6.22. The van der Waals surface area contributed by atoms with Gasteiger partial charge in [0.15, 0.2) is 0 Å². The number of ketones is 2. The molecule has 4 heterocycles. The number of nitrogen functional groups attached to an aromatic ring is 2. The van der Waals surface area contributed by atoms with Crippen molar-refractivity contribution >= 4 is 40.7 Å². The van der Waals surface area contributed by atoms with Gasteiger partial charge in [-0.3, -0.25) is 14.4 Å². The molecule has 2 aliphatic heterocycles. The molecule has 0 bridgehead atoms. The lowest BCUT2D eigenvalue weighted by Gasteiger charge is -2.32. The Hall–Kier alpha value is -5.83. The Kier molecular flexibility index (Phi) is 12.7. The molecular weight excluding hydrogens is 686 g/mol. The molecule has 280 valence electrons. The first kappa shape index (κ1) is 38.4. The lowest BCUT2D eigenvalue weighted by atomic mass is 10.0. The number of nitrogens with one attached hydrogen (secondary N) is 3. The monoisotopic (exact) mass is 730 g/mol. The summed E-state index contributed by atoms with van der Waals surface area (Å²) in [6, 6.07) is 14.6. The van der Waals surface area contributed by atoms with Gasteiger partial charge in [-0.25, -0.2) is 18.7 Å². The highest BCUT2D eigenvalue weighted by Crippen LogP contribution is 2.27. The van der Waals surface area contributed by atoms with Crippen LogP contribution in [0.25, 0.3) is 0 Å². The third kappa shape index (κ3) is 9.74. The molecule has 0 unspecified atom stereocenters. The van der Waals surface area contributed by atoms with E-state index in [0.717, 1.165) is 50.9 Å². The van der Waals surface area contributed by atoms with Crippen LogP contribution in [-0.4, -0.2) is 84.8 Å². The van der Waals surface area contributed by atoms with E-state index in [1.807, 2.05) is 4.90 Å². The zero-order valence-corrected chi connectivity index (χ0v) is 29.9. The molecule has 4 aromatic rings. The first-order chi connectivity index (χ1) is 25.5. The Balaban J connectivity index is 0.000000206. The van der Waals surface area contributed by atoms with E-state index in [1.54, 1.807) is 31.2 Å². The molecule has 0 radical (unpaired) electrons. The summed E-state index contributed by atoms with van der Waals surface area (Å²) in [5, 5.41) is 9.92. The van der Waals surface area contributed by atoms with Crippen molar-refractivity contribution in [3.63, 3.8) is 0 Å². The number of carbonyl (C=O) groups is 3. The molecule has 2 aromatic heterocycles. The Bertz CT molecular complexity index is 1950. The summed E-state index contributed by atoms with van der Waals surface area (Å²) in [6.45, 7) is 4.88. The van der Waals surface area contributed by atoms with Crippen molar-refractivity contribution in [2.75, 3.05) is 62.5 Å². The number of piperidine rings is 2. The molecular formula is C38H44F2N8O5. The minimum absolute atomic E-state index is 0.0579. The summed E-state index contributed by atoms with van der Waals surface area (Å²) in [6.07, 6.45) is 3.62. The molecule has 6 rings (SSSR count). The summed E-state index contributed by atoms with van der Waals surface area (Å²) in [5.74, 6) is 0.0685. The standard InChI is InChI=1S/C20H23FN4O3.C18H21FN4O2/c1-12(26)25-9-7-14(8-10-25)23-18-6-4-15(20(22)24-18)19(27)16-11-13(21)3-5-17(16)28-2;1-25-15-4-2-11(19)10-14(15)17(24)13-3-5-16(23-18(13)20)22-12-6-8-21-9-7-12/h3-6,11,14H,7-10H2,1-2H3,(H3,22,23,24);2-5,10,12,21H,6-9H2,1H3,(H3,20,22,23). The Morgan fingerprint density at radius 3 is 1.53 bits per heavy atom. The minimum atomic E-state index is -0.536. The molecule has 0 spiro atoms. The second-order valence-corrected chi connectivity index (χ2v) is 12.7. The fourth-order valence-corrected chi connectivity index (χ4v) is 6.22. The van der Waals surface area contributed by atoms with Crippen LogP contribution in [0.2, 0.25) is 0 Å². The summed E-state index contributed by atoms with van der Waals surface area (Å²) in [4.78, 5) is 47.3. The number of halogens is 2. The van der Waals surface area contributed by atoms with Crippen LogP contribution in [0.5, 0.6) is 11.5 Å². The van der Waals surface area contributed by atoms with Gasteiger partial charge in [-0.2, -0.15) is 0 Å². The van der Waals surface area contributed by atoms with E-state index in [0.29, 0.717) is 36.5 Å². The third-order valence-corrected chi connectivity index (χ3v) is 9.13. The topological polar surface area (TPSA) is 187 Å². The van der Waals surface area contributed by atoms with E-state index in [1.165, 1.54) is 38.5 Å². The normalized spacial score (nSPS) is 14.8. The smallest absolute Gasteiger partial charge is 0.219 e. The zero-order chi connectivity index (χ0) is 38.1. The van der Waals surface area contributed by atoms with E-state index in [-0.39, 0.29) is 51.6 Å². The van der Waals surface area contributed by atoms with Gasteiger partial charge in [-0.15, -0.1) is 0 Å². The van der Waals surface area contributed by atoms with Crippen LogP contribution in [0.15, 0.2) is 60.7 Å². The SMILES string of the molecule is COc1ccc(F)cc1C(=O)c1ccc(NC2CCN(C(C)=O)CC2)nc1N.COc1ccc(F)cc1C(=O)c1ccc(NC2CCNCC2)nc1N. The van der Waals surface area contributed by atoms with Crippen LogP contribution >= 0.6 is 0 Å². The lowest BCUT2D eigenvalue weighted by Crippen LogP contribution is -2.41. The Labute approximate surface area is 306 Å². The maximum absolute atomic E-state index is 13.6. The van der Waals surface area contributed by atoms with Crippen molar-refractivity contribution in [1.82, 2.24) is 20.2 Å². The van der Waals surface area contributed by atoms with Gasteiger partial charge in [0.05, 0.1) is 36.5 Å². The maximum Gasteiger partial charge on any atom is 0.219 e. The number of rotatable bonds is 10. The molecule has 53 heavy (non-hydrogen) atoms. The van der Waals surface area contributed by atoms with Crippen molar-refractivity contribution in [3.05, 3.63) is 94.6 Å². The van der Waals surface area contributed by atoms with Crippen LogP contribution in [0.4, 0.5) is 32.1 Å². The highest BCUT2D eigenvalue weighted by Gasteiger charge is 2.23. The van der Waals surface area contributed by atoms with E-state index in [9.17, 15) is 23.2 Å². The number of nitrogens with zero attached hydrogens (tertiary/aromatic N) is 3. The highest BCUT2D eigenvalue weighted by molar-refractivity contribution is 6.14. The molecule has 2 aliphatic rings. The number of hydrogen-bond acceptors (Lipinski definition) is 12. The predicted molar refractivity (Wildman–Crippen MR) is 198 cm³/mol. The second-order valence-electron chi connectivity index (χ2n) is 12.7. The lowest BCUT2D eigenvalue weighted by molar-refractivity contribution is -0.129. The molecule has 0 atom stereocenters. The van der Waals surface area contributed by atoms with Crippen LogP contribution < -0.4 is 36.9 Å². The quantitative estimate of drug-likeness (QED) is 0.142. The average Bonchev–Trinajstić information content (AvgIpc) is 3.15. The maximum atomic E-state index is 13.6. The average molecular weight is 731 g/mol. The molecule has 2 fully saturated rings. The van der Waals surface area contributed by atoms with Crippen LogP contribution in [-0.2, 0) is 4.79 Å². The number of anilines is 4. The Morgan fingerprint density at radius 2 is 1.13 bits per heavy atom. The summed E-state index contributed by atoms with van der Waals surface area (Å²) >= 11 is 0. The molecule has 2 aromatic carbocycles. The molecule has 7 N–H and O–H groups in total. The van der Waals surface area contributed by atoms with Gasteiger partial charge in [0.1, 0.15) is 46.4 Å². The molecule has 15 heteroatoms. The van der Waals surface area contributed by atoms with Crippen LogP contribution in [0.1, 0.15) is 64.4 Å². The van der Waals surface area contributed by atoms with E-state index in [4.69, 9.17) is 20.9 Å². The van der Waals surface area contributed by atoms with E-state index < -0.39 is 23.2 Å². The van der Waals surface area contributed by atoms with Gasteiger partial charge in [0.25, 0.3) is 0 Å². The molecule has 2 saturated heterocycles. The van der Waals surface area contributed by atoms with Gasteiger partial charge >= 0.3 is 0 Å². The van der Waals surface area contributed by atoms with Crippen molar-refractivity contribution in [3.8, 4) is 11.5 Å². The number of benzene rings is 2. The van der Waals surface area contributed by atoms with Gasteiger partial charge in [-0.05, 0) is 99.4 Å². The number of likely N-dealkylation sites (tertiary alicyclic amines) is 1. The summed E-state index contributed by atoms with van der Waals surface area (Å²) in [5.41, 5.74) is 12.6. The van der Waals surface area contributed by atoms with E-state index in [2.05, 4.69) is 25.9 Å². The summed E-state index contributed by atoms with van der Waals surface area (Å²) in [7, 11) is 2.84. The first-order valence-electron chi connectivity index (χ1n) is 17.3. The first-order valence-corrected chi connectivity index (χ1v) is 17.3. The molecule has 1 amide bonds. The van der Waals surface area contributed by atoms with Crippen LogP contribution in [0.3, 0.4) is 0 Å². The predicted octanol–water partition coefficient (Wildman–Crippen LogP) is 4.67. The number of hydrogen-bond donors (Lipinski definition) is 5. The highest BCUT2D eigenvalue weighted by atomic mass is 19.1. The van der Waals surface area contributed by atoms with Crippen molar-refractivity contribution < 1.29 is 32.6 Å². The Morgan fingerprint density at radius 1 is 0.698 bits per heavy atom. The van der Waals surface area contributed by atoms with Crippen molar-refractivity contribution in [1.29, 1.82) is 0 Å². The number of aromatic nitrogens is 2. The zero-order valence-electron chi connectivity index (χ0n) is 29.9. The second kappa shape index (κ2) is 17.6. The van der Waals surface area contributed by atoms with Crippen LogP contribution in [0, 0.1) is 11.6 Å². The molecule has 13 nitrogen and oxygen atoms in total. The third-order valence-electron chi connectivity index (χ3n) is 9.13. The number of methoxy groups -OCH3 is 2. The van der Waals surface area contributed by atoms with Crippen molar-refractivity contribution in [2.24, 2.45) is 0 Å². The summed E-state index contributed by atoms with van der Waals surface area (Å²) < 4.78 is 37.4. The molecule has 0 saturated carbocycles. The number of carbonyl (C=O) groups excluding carboxylic acids is 3. The van der Waals surface area contributed by atoms with E-state index >= 15 is 0 Å². The number of amides is 1. The van der Waals surface area contributed by atoms with Gasteiger partial charge in [-0.1, -0.05) is 0 Å². The van der Waals surface area contributed by atoms with Gasteiger partial charge < -0.3 is 41.8 Å². The van der Waals surface area contributed by atoms with Gasteiger partial charge in [0.2, 0.25) is 17.5 Å². The van der Waals surface area contributed by atoms with Crippen molar-refractivity contribution in [2.45, 2.75) is 44.7 Å². The minimum Gasteiger partial charge on any atom is -0.496 e. The van der Waals surface area contributed by atoms with Gasteiger partial charge in [0, 0.05) is 32.1 Å². The number of nitrogens with two attached hydrogens (primary N) is 2. The number of pyridine rings is 2. The molecule has 0 aliphatic carbocycles. The largest absolute Gasteiger partial charge is 0.496 e. The number of ether oxygens (including phenoxy) is 2. The fraction of sp³-hybridized carbons (Fsp3) is 0.342.